The quantitative estimate of drug-likeness (QED) is 0.880. The van der Waals surface area contributed by atoms with Crippen LogP contribution in [0.15, 0.2) is 24.3 Å². The third kappa shape index (κ3) is 5.63. The minimum atomic E-state index is -4.33. The first-order valence-corrected chi connectivity index (χ1v) is 8.60. The SMILES string of the molecule is CC(C)[C@@H](C)NC(=O)CN1CCN(c2cccc(C(F)(F)F)c2)CC1. The van der Waals surface area contributed by atoms with Gasteiger partial charge in [0.25, 0.3) is 0 Å². The van der Waals surface area contributed by atoms with E-state index in [9.17, 15) is 18.0 Å². The van der Waals surface area contributed by atoms with Gasteiger partial charge in [-0.15, -0.1) is 0 Å². The van der Waals surface area contributed by atoms with E-state index < -0.39 is 11.7 Å². The Labute approximate surface area is 147 Å². The van der Waals surface area contributed by atoms with Gasteiger partial charge in [0, 0.05) is 37.9 Å². The van der Waals surface area contributed by atoms with Crippen LogP contribution in [0.2, 0.25) is 0 Å². The Balaban J connectivity index is 1.87. The minimum Gasteiger partial charge on any atom is -0.369 e. The van der Waals surface area contributed by atoms with Crippen molar-refractivity contribution in [2.75, 3.05) is 37.6 Å². The van der Waals surface area contributed by atoms with Gasteiger partial charge in [0.05, 0.1) is 12.1 Å². The van der Waals surface area contributed by atoms with E-state index >= 15 is 0 Å². The lowest BCUT2D eigenvalue weighted by atomic mass is 10.1. The van der Waals surface area contributed by atoms with Crippen LogP contribution in [0.5, 0.6) is 0 Å². The molecule has 1 aromatic rings. The number of carbonyl (C=O) groups excluding carboxylic acids is 1. The van der Waals surface area contributed by atoms with E-state index in [1.54, 1.807) is 6.07 Å². The van der Waals surface area contributed by atoms with Crippen LogP contribution in [0.1, 0.15) is 26.3 Å². The van der Waals surface area contributed by atoms with Gasteiger partial charge in [-0.3, -0.25) is 9.69 Å². The molecule has 4 nitrogen and oxygen atoms in total. The van der Waals surface area contributed by atoms with Crippen molar-refractivity contribution >= 4 is 11.6 Å². The second kappa shape index (κ2) is 8.08. The molecule has 0 unspecified atom stereocenters. The van der Waals surface area contributed by atoms with Gasteiger partial charge in [-0.25, -0.2) is 0 Å². The van der Waals surface area contributed by atoms with Crippen LogP contribution in [0.4, 0.5) is 18.9 Å². The van der Waals surface area contributed by atoms with Gasteiger partial charge in [0.15, 0.2) is 0 Å². The third-order valence-electron chi connectivity index (χ3n) is 4.67. The predicted octanol–water partition coefficient (Wildman–Crippen LogP) is 2.99. The Hall–Kier alpha value is -1.76. The molecule has 1 N–H and O–H groups in total. The molecule has 140 valence electrons. The van der Waals surface area contributed by atoms with Crippen LogP contribution in [-0.2, 0) is 11.0 Å². The topological polar surface area (TPSA) is 35.6 Å². The van der Waals surface area contributed by atoms with Gasteiger partial charge in [0.1, 0.15) is 0 Å². The van der Waals surface area contributed by atoms with Gasteiger partial charge in [-0.2, -0.15) is 13.2 Å². The molecule has 0 aromatic heterocycles. The maximum absolute atomic E-state index is 12.8. The Morgan fingerprint density at radius 3 is 2.36 bits per heavy atom. The number of piperazine rings is 1. The number of benzene rings is 1. The van der Waals surface area contributed by atoms with E-state index in [0.29, 0.717) is 44.3 Å². The first kappa shape index (κ1) is 19.6. The zero-order valence-electron chi connectivity index (χ0n) is 14.9. The predicted molar refractivity (Wildman–Crippen MR) is 92.5 cm³/mol. The molecule has 0 saturated carbocycles. The summed E-state index contributed by atoms with van der Waals surface area (Å²) in [7, 11) is 0. The lowest BCUT2D eigenvalue weighted by Gasteiger charge is -2.36. The molecular weight excluding hydrogens is 331 g/mol. The minimum absolute atomic E-state index is 0.00582. The molecule has 7 heteroatoms. The molecule has 0 spiro atoms. The molecule has 0 radical (unpaired) electrons. The number of hydrogen-bond donors (Lipinski definition) is 1. The molecular formula is C18H26F3N3O. The molecule has 1 aliphatic rings. The van der Waals surface area contributed by atoms with E-state index in [0.717, 1.165) is 6.07 Å². The highest BCUT2D eigenvalue weighted by molar-refractivity contribution is 5.78. The highest BCUT2D eigenvalue weighted by atomic mass is 19.4. The Morgan fingerprint density at radius 2 is 1.80 bits per heavy atom. The maximum atomic E-state index is 12.8. The van der Waals surface area contributed by atoms with Crippen LogP contribution in [0.3, 0.4) is 0 Å². The monoisotopic (exact) mass is 357 g/mol. The average molecular weight is 357 g/mol. The van der Waals surface area contributed by atoms with Gasteiger partial charge < -0.3 is 10.2 Å². The number of anilines is 1. The Bertz CT molecular complexity index is 581. The summed E-state index contributed by atoms with van der Waals surface area (Å²) < 4.78 is 38.5. The number of carbonyl (C=O) groups is 1. The van der Waals surface area contributed by atoms with Crippen LogP contribution in [0, 0.1) is 5.92 Å². The van der Waals surface area contributed by atoms with Crippen molar-refractivity contribution in [3.05, 3.63) is 29.8 Å². The molecule has 0 aliphatic carbocycles. The highest BCUT2D eigenvalue weighted by Gasteiger charge is 2.31. The third-order valence-corrected chi connectivity index (χ3v) is 4.67. The number of halogens is 3. The van der Waals surface area contributed by atoms with Crippen LogP contribution in [0.25, 0.3) is 0 Å². The molecule has 1 saturated heterocycles. The van der Waals surface area contributed by atoms with Crippen molar-refractivity contribution in [1.29, 1.82) is 0 Å². The summed E-state index contributed by atoms with van der Waals surface area (Å²) in [6, 6.07) is 5.53. The molecule has 1 fully saturated rings. The molecule has 1 atom stereocenters. The van der Waals surface area contributed by atoms with E-state index in [2.05, 4.69) is 19.2 Å². The smallest absolute Gasteiger partial charge is 0.369 e. The molecule has 25 heavy (non-hydrogen) atoms. The fraction of sp³-hybridized carbons (Fsp3) is 0.611. The molecule has 2 rings (SSSR count). The van der Waals surface area contributed by atoms with Crippen LogP contribution in [-0.4, -0.2) is 49.6 Å². The number of hydrogen-bond acceptors (Lipinski definition) is 3. The second-order valence-corrected chi connectivity index (χ2v) is 6.91. The van der Waals surface area contributed by atoms with E-state index in [1.165, 1.54) is 12.1 Å². The molecule has 1 aliphatic heterocycles. The fourth-order valence-corrected chi connectivity index (χ4v) is 2.71. The van der Waals surface area contributed by atoms with Gasteiger partial charge in [-0.1, -0.05) is 19.9 Å². The number of rotatable bonds is 5. The van der Waals surface area contributed by atoms with Crippen molar-refractivity contribution in [1.82, 2.24) is 10.2 Å². The maximum Gasteiger partial charge on any atom is 0.416 e. The van der Waals surface area contributed by atoms with Gasteiger partial charge >= 0.3 is 6.18 Å². The van der Waals surface area contributed by atoms with Crippen molar-refractivity contribution in [3.63, 3.8) is 0 Å². The molecule has 1 amide bonds. The summed E-state index contributed by atoms with van der Waals surface area (Å²) in [5.41, 5.74) is -0.0539. The van der Waals surface area contributed by atoms with Gasteiger partial charge in [0.2, 0.25) is 5.91 Å². The van der Waals surface area contributed by atoms with Crippen LogP contribution >= 0.6 is 0 Å². The summed E-state index contributed by atoms with van der Waals surface area (Å²) >= 11 is 0. The normalized spacial score (nSPS) is 17.6. The van der Waals surface area contributed by atoms with Gasteiger partial charge in [-0.05, 0) is 31.0 Å². The Morgan fingerprint density at radius 1 is 1.16 bits per heavy atom. The first-order valence-electron chi connectivity index (χ1n) is 8.60. The number of alkyl halides is 3. The zero-order valence-corrected chi connectivity index (χ0v) is 14.9. The van der Waals surface area contributed by atoms with Crippen LogP contribution < -0.4 is 10.2 Å². The van der Waals surface area contributed by atoms with Crippen molar-refractivity contribution < 1.29 is 18.0 Å². The summed E-state index contributed by atoms with van der Waals surface area (Å²) in [5.74, 6) is 0.371. The van der Waals surface area contributed by atoms with Crippen molar-refractivity contribution in [2.45, 2.75) is 33.0 Å². The largest absolute Gasteiger partial charge is 0.416 e. The molecule has 1 heterocycles. The zero-order chi connectivity index (χ0) is 18.6. The Kier molecular flexibility index (Phi) is 6.32. The number of nitrogens with zero attached hydrogens (tertiary/aromatic N) is 2. The highest BCUT2D eigenvalue weighted by Crippen LogP contribution is 2.31. The lowest BCUT2D eigenvalue weighted by molar-refractivity contribution is -0.137. The van der Waals surface area contributed by atoms with E-state index in [4.69, 9.17) is 0 Å². The second-order valence-electron chi connectivity index (χ2n) is 6.91. The van der Waals surface area contributed by atoms with Crippen molar-refractivity contribution in [2.24, 2.45) is 5.92 Å². The fourth-order valence-electron chi connectivity index (χ4n) is 2.71. The molecule has 1 aromatic carbocycles. The van der Waals surface area contributed by atoms with E-state index in [1.807, 2.05) is 16.7 Å². The molecule has 0 bridgehead atoms. The summed E-state index contributed by atoms with van der Waals surface area (Å²) in [4.78, 5) is 16.0. The number of amides is 1. The summed E-state index contributed by atoms with van der Waals surface area (Å²) in [6.45, 7) is 8.93. The number of nitrogens with one attached hydrogen (secondary N) is 1. The first-order chi connectivity index (χ1) is 11.7. The lowest BCUT2D eigenvalue weighted by Crippen LogP contribution is -2.50. The average Bonchev–Trinajstić information content (AvgIpc) is 2.54. The van der Waals surface area contributed by atoms with Crippen molar-refractivity contribution in [3.8, 4) is 0 Å². The summed E-state index contributed by atoms with van der Waals surface area (Å²) in [6.07, 6.45) is -4.33. The van der Waals surface area contributed by atoms with E-state index in [-0.39, 0.29) is 11.9 Å². The summed E-state index contributed by atoms with van der Waals surface area (Å²) in [5, 5.41) is 2.97. The standard InChI is InChI=1S/C18H26F3N3O/c1-13(2)14(3)22-17(25)12-23-7-9-24(10-8-23)16-6-4-5-15(11-16)18(19,20)21/h4-6,11,13-14H,7-10,12H2,1-3H3,(H,22,25)/t14-/m1/s1.